The van der Waals surface area contributed by atoms with Crippen LogP contribution in [0.5, 0.6) is 0 Å². The van der Waals surface area contributed by atoms with E-state index in [0.717, 1.165) is 63.9 Å². The van der Waals surface area contributed by atoms with Gasteiger partial charge in [-0.05, 0) is 19.3 Å². The SMILES string of the molecule is CCCCCCCCCCCCC/C=C/C=C/C(=O)OCC(COP(=O)(O)OC1C(OC2OC(CO)C(O)C(O)C2O)C(O)C(O)C(O)C1OC1OC(CO)C(O)C(O)C1O)OC(=O)CCCCCCCCCCCCC. The van der Waals surface area contributed by atoms with Gasteiger partial charge in [0.15, 0.2) is 18.7 Å². The number of phosphoric acid groups is 1. The first-order valence-electron chi connectivity index (χ1n) is 28.2. The number of hydrogen-bond donors (Lipinski definition) is 12. The molecule has 1 aliphatic carbocycles. The van der Waals surface area contributed by atoms with Crippen molar-refractivity contribution >= 4 is 19.8 Å². The Morgan fingerprint density at radius 3 is 1.38 bits per heavy atom. The van der Waals surface area contributed by atoms with E-state index in [1.165, 1.54) is 89.5 Å². The van der Waals surface area contributed by atoms with Gasteiger partial charge in [0.05, 0.1) is 19.8 Å². The normalized spacial score (nSPS) is 32.1. The average molecular weight is 1130 g/mol. The molecule has 16 atom stereocenters. The Bertz CT molecular complexity index is 1640. The second-order valence-electron chi connectivity index (χ2n) is 20.5. The molecule has 0 bridgehead atoms. The summed E-state index contributed by atoms with van der Waals surface area (Å²) in [4.78, 5) is 37.2. The molecule has 450 valence electrons. The summed E-state index contributed by atoms with van der Waals surface area (Å²) >= 11 is 0. The van der Waals surface area contributed by atoms with Gasteiger partial charge in [-0.2, -0.15) is 0 Å². The number of hydrogen-bond acceptors (Lipinski definition) is 22. The third kappa shape index (κ3) is 24.9. The van der Waals surface area contributed by atoms with E-state index in [0.29, 0.717) is 6.42 Å². The van der Waals surface area contributed by atoms with E-state index >= 15 is 0 Å². The molecule has 3 aliphatic rings. The summed E-state index contributed by atoms with van der Waals surface area (Å²) in [5.41, 5.74) is 0. The molecule has 77 heavy (non-hydrogen) atoms. The first-order valence-corrected chi connectivity index (χ1v) is 29.7. The summed E-state index contributed by atoms with van der Waals surface area (Å²) in [5, 5.41) is 116. The van der Waals surface area contributed by atoms with Crippen molar-refractivity contribution in [3.05, 3.63) is 24.3 Å². The van der Waals surface area contributed by atoms with Crippen LogP contribution in [-0.2, 0) is 51.6 Å². The van der Waals surface area contributed by atoms with Crippen LogP contribution in [0.2, 0.25) is 0 Å². The third-order valence-corrected chi connectivity index (χ3v) is 15.1. The van der Waals surface area contributed by atoms with E-state index in [1.807, 2.05) is 6.08 Å². The summed E-state index contributed by atoms with van der Waals surface area (Å²) < 4.78 is 57.8. The zero-order chi connectivity index (χ0) is 56.8. The Balaban J connectivity index is 1.75. The molecule has 0 amide bonds. The maximum atomic E-state index is 14.0. The van der Waals surface area contributed by atoms with Crippen LogP contribution in [0, 0.1) is 0 Å². The quantitative estimate of drug-likeness (QED) is 0.0138. The van der Waals surface area contributed by atoms with Crippen LogP contribution >= 0.6 is 7.82 Å². The second-order valence-corrected chi connectivity index (χ2v) is 21.9. The summed E-state index contributed by atoms with van der Waals surface area (Å²) in [5.74, 6) is -1.59. The minimum atomic E-state index is -5.65. The fraction of sp³-hybridized carbons (Fsp3) is 0.887. The lowest BCUT2D eigenvalue weighted by molar-refractivity contribution is -0.360. The van der Waals surface area contributed by atoms with Gasteiger partial charge in [-0.3, -0.25) is 13.8 Å². The highest BCUT2D eigenvalue weighted by Gasteiger charge is 2.58. The number of phosphoric ester groups is 1. The predicted molar refractivity (Wildman–Crippen MR) is 277 cm³/mol. The van der Waals surface area contributed by atoms with E-state index in [-0.39, 0.29) is 6.42 Å². The molecule has 0 aromatic carbocycles. The number of aliphatic hydroxyl groups is 11. The molecule has 23 nitrogen and oxygen atoms in total. The molecular formula is C53H95O23P. The molecule has 3 fully saturated rings. The van der Waals surface area contributed by atoms with Crippen molar-refractivity contribution in [1.29, 1.82) is 0 Å². The van der Waals surface area contributed by atoms with Crippen molar-refractivity contribution in [1.82, 2.24) is 0 Å². The third-order valence-electron chi connectivity index (χ3n) is 14.1. The molecule has 1 saturated carbocycles. The number of unbranched alkanes of at least 4 members (excludes halogenated alkanes) is 21. The van der Waals surface area contributed by atoms with E-state index in [1.54, 1.807) is 6.08 Å². The first-order chi connectivity index (χ1) is 36.9. The van der Waals surface area contributed by atoms with Crippen LogP contribution < -0.4 is 0 Å². The first kappa shape index (κ1) is 69.2. The van der Waals surface area contributed by atoms with E-state index in [4.69, 9.17) is 37.5 Å². The number of aliphatic hydroxyl groups excluding tert-OH is 11. The Morgan fingerprint density at radius 1 is 0.519 bits per heavy atom. The van der Waals surface area contributed by atoms with Gasteiger partial charge in [-0.1, -0.05) is 160 Å². The number of ether oxygens (including phenoxy) is 6. The van der Waals surface area contributed by atoms with Gasteiger partial charge in [0.1, 0.15) is 92.1 Å². The smallest absolute Gasteiger partial charge is 0.458 e. The fourth-order valence-corrected chi connectivity index (χ4v) is 10.3. The molecule has 24 heteroatoms. The highest BCUT2D eigenvalue weighted by Crippen LogP contribution is 2.49. The highest BCUT2D eigenvalue weighted by atomic mass is 31.2. The van der Waals surface area contributed by atoms with Crippen molar-refractivity contribution in [3.63, 3.8) is 0 Å². The van der Waals surface area contributed by atoms with Crippen molar-refractivity contribution in [3.8, 4) is 0 Å². The minimum absolute atomic E-state index is 0.0489. The standard InChI is InChI=1S/C53H95O23P/c1-3-5-7-9-11-13-15-16-17-18-20-21-23-25-27-29-38(56)69-33-35(71-39(57)30-28-26-24-22-19-14-12-10-8-6-4-2)34-70-77(67,68)76-51-49(74-52-47(65)42(60)40(58)36(31-54)72-52)45(63)44(62)46(64)50(51)75-53-48(66)43(61)41(59)37(32-55)73-53/h23,25,27,29,35-37,40-55,58-66H,3-22,24,26,28,30-34H2,1-2H3,(H,67,68)/b25-23+,29-27+. The molecular weight excluding hydrogens is 1040 g/mol. The van der Waals surface area contributed by atoms with E-state index in [9.17, 15) is 75.2 Å². The summed E-state index contributed by atoms with van der Waals surface area (Å²) in [6, 6.07) is 0. The zero-order valence-electron chi connectivity index (χ0n) is 45.2. The van der Waals surface area contributed by atoms with Gasteiger partial charge in [0.25, 0.3) is 0 Å². The van der Waals surface area contributed by atoms with Gasteiger partial charge < -0.3 is 89.5 Å². The van der Waals surface area contributed by atoms with Crippen LogP contribution in [0.4, 0.5) is 0 Å². The lowest BCUT2D eigenvalue weighted by atomic mass is 9.84. The predicted octanol–water partition coefficient (Wildman–Crippen LogP) is 2.92. The largest absolute Gasteiger partial charge is 0.472 e. The van der Waals surface area contributed by atoms with E-state index in [2.05, 4.69) is 13.8 Å². The molecule has 0 radical (unpaired) electrons. The molecule has 16 unspecified atom stereocenters. The number of allylic oxidation sites excluding steroid dienone is 3. The topological polar surface area (TPSA) is 368 Å². The van der Waals surface area contributed by atoms with Crippen LogP contribution in [0.1, 0.15) is 168 Å². The number of carbonyl (C=O) groups is 2. The molecule has 2 saturated heterocycles. The molecule has 2 heterocycles. The minimum Gasteiger partial charge on any atom is -0.458 e. The van der Waals surface area contributed by atoms with Crippen LogP contribution in [-0.4, -0.2) is 204 Å². The van der Waals surface area contributed by atoms with Crippen LogP contribution in [0.25, 0.3) is 0 Å². The van der Waals surface area contributed by atoms with Gasteiger partial charge in [-0.25, -0.2) is 9.36 Å². The Kier molecular flexibility index (Phi) is 34.7. The molecule has 0 aromatic heterocycles. The van der Waals surface area contributed by atoms with Gasteiger partial charge in [-0.15, -0.1) is 0 Å². The van der Waals surface area contributed by atoms with Crippen molar-refractivity contribution in [2.75, 3.05) is 26.4 Å². The lowest BCUT2D eigenvalue weighted by Gasteiger charge is -2.49. The maximum absolute atomic E-state index is 14.0. The Morgan fingerprint density at radius 2 is 0.935 bits per heavy atom. The number of rotatable bonds is 40. The highest BCUT2D eigenvalue weighted by molar-refractivity contribution is 7.47. The molecule has 12 N–H and O–H groups in total. The van der Waals surface area contributed by atoms with Crippen molar-refractivity contribution < 1.29 is 113 Å². The summed E-state index contributed by atoms with van der Waals surface area (Å²) in [6.45, 7) is 0.861. The van der Waals surface area contributed by atoms with Crippen molar-refractivity contribution in [2.45, 2.75) is 272 Å². The Labute approximate surface area is 454 Å². The number of esters is 2. The summed E-state index contributed by atoms with van der Waals surface area (Å²) in [7, 11) is -5.65. The van der Waals surface area contributed by atoms with Crippen LogP contribution in [0.3, 0.4) is 0 Å². The van der Waals surface area contributed by atoms with Gasteiger partial charge in [0, 0.05) is 12.5 Å². The van der Waals surface area contributed by atoms with Gasteiger partial charge in [0.2, 0.25) is 0 Å². The van der Waals surface area contributed by atoms with E-state index < -0.39 is 150 Å². The second kappa shape index (κ2) is 38.6. The molecule has 2 aliphatic heterocycles. The van der Waals surface area contributed by atoms with Crippen molar-refractivity contribution in [2.24, 2.45) is 0 Å². The fourth-order valence-electron chi connectivity index (χ4n) is 9.39. The Hall–Kier alpha value is -2.07. The zero-order valence-corrected chi connectivity index (χ0v) is 46.1. The number of carbonyl (C=O) groups excluding carboxylic acids is 2. The molecule has 0 spiro atoms. The van der Waals surface area contributed by atoms with Crippen LogP contribution in [0.15, 0.2) is 24.3 Å². The summed E-state index contributed by atoms with van der Waals surface area (Å²) in [6.07, 6.45) is -3.18. The monoisotopic (exact) mass is 1130 g/mol. The molecule has 0 aromatic rings. The van der Waals surface area contributed by atoms with Gasteiger partial charge >= 0.3 is 19.8 Å². The lowest BCUT2D eigenvalue weighted by Crippen LogP contribution is -2.69. The average Bonchev–Trinajstić information content (AvgIpc) is 3.41. The molecule has 3 rings (SSSR count). The maximum Gasteiger partial charge on any atom is 0.472 e.